The van der Waals surface area contributed by atoms with E-state index in [2.05, 4.69) is 0 Å². The van der Waals surface area contributed by atoms with Gasteiger partial charge >= 0.3 is 5.97 Å². The van der Waals surface area contributed by atoms with Gasteiger partial charge in [-0.3, -0.25) is 14.5 Å². The number of hydrogen-bond donors (Lipinski definition) is 0. The number of amides is 1. The molecule has 0 saturated carbocycles. The maximum Gasteiger partial charge on any atom is 0.307 e. The zero-order chi connectivity index (χ0) is 26.5. The predicted molar refractivity (Wildman–Crippen MR) is 135 cm³/mol. The van der Waals surface area contributed by atoms with Crippen LogP contribution in [0.15, 0.2) is 36.4 Å². The van der Waals surface area contributed by atoms with E-state index in [0.29, 0.717) is 37.4 Å². The van der Waals surface area contributed by atoms with Crippen molar-refractivity contribution in [2.24, 2.45) is 5.92 Å². The average molecular weight is 503 g/mol. The highest BCUT2D eigenvalue weighted by Crippen LogP contribution is 2.31. The highest BCUT2D eigenvalue weighted by atomic mass is 19.1. The first-order valence-corrected chi connectivity index (χ1v) is 12.3. The second-order valence-electron chi connectivity index (χ2n) is 10.5. The molecular weight excluding hydrogens is 466 g/mol. The van der Waals surface area contributed by atoms with E-state index in [4.69, 9.17) is 9.47 Å². The van der Waals surface area contributed by atoms with Crippen molar-refractivity contribution in [1.82, 2.24) is 4.90 Å². The summed E-state index contributed by atoms with van der Waals surface area (Å²) in [5, 5.41) is 0. The van der Waals surface area contributed by atoms with Crippen molar-refractivity contribution < 1.29 is 27.8 Å². The molecule has 8 heteroatoms. The van der Waals surface area contributed by atoms with E-state index >= 15 is 0 Å². The van der Waals surface area contributed by atoms with Gasteiger partial charge in [0, 0.05) is 24.8 Å². The fourth-order valence-corrected chi connectivity index (χ4v) is 4.16. The SMILES string of the molecule is CC(COc1ccc2c(c1)CCN2C(=O)CN(C)CCC(=O)OC(C)(C)C)Cc1ccc(F)cc1F. The number of likely N-dealkylation sites (N-methyl/N-ethyl adjacent to an activating group) is 1. The zero-order valence-electron chi connectivity index (χ0n) is 21.8. The number of nitrogens with zero attached hydrogens (tertiary/aromatic N) is 2. The highest BCUT2D eigenvalue weighted by molar-refractivity contribution is 5.96. The Bertz CT molecular complexity index is 1080. The van der Waals surface area contributed by atoms with Gasteiger partial charge in [0.1, 0.15) is 23.0 Å². The van der Waals surface area contributed by atoms with Crippen LogP contribution in [-0.4, -0.2) is 55.7 Å². The van der Waals surface area contributed by atoms with Gasteiger partial charge in [-0.15, -0.1) is 0 Å². The van der Waals surface area contributed by atoms with E-state index in [9.17, 15) is 18.4 Å². The second kappa shape index (κ2) is 11.8. The molecule has 1 aliphatic heterocycles. The Labute approximate surface area is 212 Å². The molecule has 0 aliphatic carbocycles. The normalized spacial score (nSPS) is 14.1. The molecule has 1 unspecified atom stereocenters. The predicted octanol–water partition coefficient (Wildman–Crippen LogP) is 4.78. The van der Waals surface area contributed by atoms with Crippen LogP contribution >= 0.6 is 0 Å². The fourth-order valence-electron chi connectivity index (χ4n) is 4.16. The molecule has 3 rings (SSSR count). The number of anilines is 1. The zero-order valence-corrected chi connectivity index (χ0v) is 21.8. The number of benzene rings is 2. The van der Waals surface area contributed by atoms with Gasteiger partial charge < -0.3 is 14.4 Å². The smallest absolute Gasteiger partial charge is 0.307 e. The number of carbonyl (C=O) groups is 2. The number of fused-ring (bicyclic) bond motifs is 1. The van der Waals surface area contributed by atoms with Crippen LogP contribution in [0.25, 0.3) is 0 Å². The van der Waals surface area contributed by atoms with Crippen molar-refractivity contribution in [2.45, 2.75) is 52.6 Å². The van der Waals surface area contributed by atoms with Crippen LogP contribution in [0.1, 0.15) is 45.2 Å². The molecule has 0 radical (unpaired) electrons. The number of carbonyl (C=O) groups excluding carboxylic acids is 2. The molecule has 0 spiro atoms. The van der Waals surface area contributed by atoms with Crippen LogP contribution in [0.4, 0.5) is 14.5 Å². The van der Waals surface area contributed by atoms with E-state index in [-0.39, 0.29) is 30.8 Å². The molecule has 0 saturated heterocycles. The van der Waals surface area contributed by atoms with E-state index in [0.717, 1.165) is 23.7 Å². The minimum Gasteiger partial charge on any atom is -0.493 e. The summed E-state index contributed by atoms with van der Waals surface area (Å²) >= 11 is 0. The van der Waals surface area contributed by atoms with E-state index in [1.54, 1.807) is 4.90 Å². The first-order chi connectivity index (χ1) is 16.9. The minimum atomic E-state index is -0.585. The molecular formula is C28H36F2N2O4. The molecule has 196 valence electrons. The summed E-state index contributed by atoms with van der Waals surface area (Å²) in [7, 11) is 1.81. The van der Waals surface area contributed by atoms with Crippen molar-refractivity contribution in [1.29, 1.82) is 0 Å². The molecule has 0 bridgehead atoms. The summed E-state index contributed by atoms with van der Waals surface area (Å²) in [6.07, 6.45) is 1.40. The standard InChI is InChI=1S/C28H36F2N2O4/c1-19(14-20-6-7-22(29)16-24(20)30)18-35-23-8-9-25-21(15-23)10-13-32(25)26(33)17-31(5)12-11-27(34)36-28(2,3)4/h6-9,15-16,19H,10-14,17-18H2,1-5H3. The molecule has 1 atom stereocenters. The topological polar surface area (TPSA) is 59.1 Å². The van der Waals surface area contributed by atoms with Crippen molar-refractivity contribution in [2.75, 3.05) is 38.2 Å². The lowest BCUT2D eigenvalue weighted by molar-refractivity contribution is -0.155. The summed E-state index contributed by atoms with van der Waals surface area (Å²) in [5.74, 6) is -0.698. The van der Waals surface area contributed by atoms with Crippen molar-refractivity contribution in [3.63, 3.8) is 0 Å². The highest BCUT2D eigenvalue weighted by Gasteiger charge is 2.26. The van der Waals surface area contributed by atoms with Crippen LogP contribution in [0.5, 0.6) is 5.75 Å². The quantitative estimate of drug-likeness (QED) is 0.438. The maximum atomic E-state index is 13.9. The van der Waals surface area contributed by atoms with Gasteiger partial charge in [0.05, 0.1) is 19.6 Å². The van der Waals surface area contributed by atoms with Crippen LogP contribution in [0, 0.1) is 17.6 Å². The maximum absolute atomic E-state index is 13.9. The van der Waals surface area contributed by atoms with Crippen molar-refractivity contribution in [3.05, 3.63) is 59.2 Å². The molecule has 1 heterocycles. The molecule has 0 N–H and O–H groups in total. The molecule has 2 aromatic rings. The summed E-state index contributed by atoms with van der Waals surface area (Å²) < 4.78 is 38.3. The Balaban J connectivity index is 1.49. The fraction of sp³-hybridized carbons (Fsp3) is 0.500. The van der Waals surface area contributed by atoms with Crippen molar-refractivity contribution in [3.8, 4) is 5.75 Å². The number of esters is 1. The van der Waals surface area contributed by atoms with Crippen LogP contribution < -0.4 is 9.64 Å². The molecule has 36 heavy (non-hydrogen) atoms. The van der Waals surface area contributed by atoms with Gasteiger partial charge in [-0.1, -0.05) is 13.0 Å². The minimum absolute atomic E-state index is 0.0240. The number of hydrogen-bond acceptors (Lipinski definition) is 5. The Morgan fingerprint density at radius 2 is 1.89 bits per heavy atom. The molecule has 0 aromatic heterocycles. The van der Waals surface area contributed by atoms with Gasteiger partial charge in [-0.05, 0) is 82.0 Å². The molecule has 1 aliphatic rings. The Morgan fingerprint density at radius 1 is 1.14 bits per heavy atom. The second-order valence-corrected chi connectivity index (χ2v) is 10.5. The van der Waals surface area contributed by atoms with Gasteiger partial charge in [0.25, 0.3) is 0 Å². The lowest BCUT2D eigenvalue weighted by Gasteiger charge is -2.23. The van der Waals surface area contributed by atoms with Crippen LogP contribution in [-0.2, 0) is 27.2 Å². The lowest BCUT2D eigenvalue weighted by atomic mass is 10.0. The summed E-state index contributed by atoms with van der Waals surface area (Å²) in [6, 6.07) is 9.30. The summed E-state index contributed by atoms with van der Waals surface area (Å²) in [4.78, 5) is 28.4. The van der Waals surface area contributed by atoms with Crippen LogP contribution in [0.2, 0.25) is 0 Å². The Hall–Kier alpha value is -3.00. The molecule has 6 nitrogen and oxygen atoms in total. The number of rotatable bonds is 10. The lowest BCUT2D eigenvalue weighted by Crippen LogP contribution is -2.39. The third-order valence-corrected chi connectivity index (χ3v) is 5.89. The summed E-state index contributed by atoms with van der Waals surface area (Å²) in [6.45, 7) is 9.07. The van der Waals surface area contributed by atoms with Gasteiger partial charge in [0.2, 0.25) is 5.91 Å². The average Bonchev–Trinajstić information content (AvgIpc) is 3.20. The first kappa shape index (κ1) is 27.6. The third-order valence-electron chi connectivity index (χ3n) is 5.89. The van der Waals surface area contributed by atoms with E-state index in [1.807, 2.05) is 57.8 Å². The third kappa shape index (κ3) is 8.01. The summed E-state index contributed by atoms with van der Waals surface area (Å²) in [5.41, 5.74) is 1.85. The number of ether oxygens (including phenoxy) is 2. The van der Waals surface area contributed by atoms with Gasteiger partial charge in [-0.2, -0.15) is 0 Å². The van der Waals surface area contributed by atoms with E-state index < -0.39 is 17.2 Å². The Kier molecular flexibility index (Phi) is 9.06. The number of halogens is 2. The van der Waals surface area contributed by atoms with Crippen LogP contribution in [0.3, 0.4) is 0 Å². The molecule has 2 aromatic carbocycles. The van der Waals surface area contributed by atoms with Gasteiger partial charge in [0.15, 0.2) is 0 Å². The molecule has 1 amide bonds. The molecule has 0 fully saturated rings. The van der Waals surface area contributed by atoms with E-state index in [1.165, 1.54) is 12.1 Å². The monoisotopic (exact) mass is 502 g/mol. The Morgan fingerprint density at radius 3 is 2.58 bits per heavy atom. The first-order valence-electron chi connectivity index (χ1n) is 12.3. The largest absolute Gasteiger partial charge is 0.493 e. The van der Waals surface area contributed by atoms with Crippen molar-refractivity contribution >= 4 is 17.6 Å². The van der Waals surface area contributed by atoms with Gasteiger partial charge in [-0.25, -0.2) is 8.78 Å².